The van der Waals surface area contributed by atoms with Crippen molar-refractivity contribution in [2.45, 2.75) is 26.1 Å². The van der Waals surface area contributed by atoms with Gasteiger partial charge in [-0.1, -0.05) is 24.6 Å². The molecular weight excluding hydrogens is 418 g/mol. The van der Waals surface area contributed by atoms with Crippen molar-refractivity contribution in [3.05, 3.63) is 52.5 Å². The fourth-order valence-electron chi connectivity index (χ4n) is 4.26. The molecule has 2 heterocycles. The number of piperazine rings is 1. The summed E-state index contributed by atoms with van der Waals surface area (Å²) in [5.74, 6) is -0.690. The van der Waals surface area contributed by atoms with Crippen LogP contribution in [-0.4, -0.2) is 42.7 Å². The Morgan fingerprint density at radius 1 is 1.13 bits per heavy atom. The van der Waals surface area contributed by atoms with Gasteiger partial charge in [-0.2, -0.15) is 13.2 Å². The fourth-order valence-corrected chi connectivity index (χ4v) is 4.55. The van der Waals surface area contributed by atoms with Crippen LogP contribution < -0.4 is 4.90 Å². The molecule has 0 saturated carbocycles. The predicted molar refractivity (Wildman–Crippen MR) is 113 cm³/mol. The zero-order chi connectivity index (χ0) is 21.6. The normalized spacial score (nSPS) is 21.5. The molecule has 1 aliphatic carbocycles. The minimum Gasteiger partial charge on any atom is -0.368 e. The van der Waals surface area contributed by atoms with Crippen LogP contribution in [0.3, 0.4) is 0 Å². The SMILES string of the molecule is CC1CC(Cl)=C(F)C=C1Cn1c(C(F)(F)F)cc2c(N3CCN(C)CC3)cccc21. The molecule has 1 aromatic carbocycles. The van der Waals surface area contributed by atoms with Crippen LogP contribution >= 0.6 is 11.6 Å². The second-order valence-electron chi connectivity index (χ2n) is 8.19. The number of hydrogen-bond acceptors (Lipinski definition) is 2. The molecule has 162 valence electrons. The van der Waals surface area contributed by atoms with Crippen molar-refractivity contribution in [2.24, 2.45) is 5.92 Å². The summed E-state index contributed by atoms with van der Waals surface area (Å²) in [6, 6.07) is 6.61. The molecule has 2 aromatic rings. The zero-order valence-electron chi connectivity index (χ0n) is 16.9. The first kappa shape index (κ1) is 21.2. The van der Waals surface area contributed by atoms with Gasteiger partial charge in [0.25, 0.3) is 0 Å². The summed E-state index contributed by atoms with van der Waals surface area (Å²) in [5, 5.41) is 0.699. The zero-order valence-corrected chi connectivity index (χ0v) is 17.7. The Bertz CT molecular complexity index is 1010. The number of fused-ring (bicyclic) bond motifs is 1. The highest BCUT2D eigenvalue weighted by molar-refractivity contribution is 6.30. The number of benzene rings is 1. The molecule has 1 aliphatic heterocycles. The number of halogens is 5. The highest BCUT2D eigenvalue weighted by Gasteiger charge is 2.36. The van der Waals surface area contributed by atoms with Crippen LogP contribution in [0, 0.1) is 5.92 Å². The Hall–Kier alpha value is -1.99. The monoisotopic (exact) mass is 441 g/mol. The van der Waals surface area contributed by atoms with Crippen molar-refractivity contribution in [3.8, 4) is 0 Å². The van der Waals surface area contributed by atoms with E-state index in [0.717, 1.165) is 31.9 Å². The Morgan fingerprint density at radius 3 is 2.50 bits per heavy atom. The van der Waals surface area contributed by atoms with Crippen molar-refractivity contribution in [1.29, 1.82) is 0 Å². The van der Waals surface area contributed by atoms with Gasteiger partial charge in [0.2, 0.25) is 0 Å². The average Bonchev–Trinajstić information content (AvgIpc) is 3.06. The molecule has 4 rings (SSSR count). The molecule has 0 radical (unpaired) electrons. The molecule has 1 fully saturated rings. The summed E-state index contributed by atoms with van der Waals surface area (Å²) < 4.78 is 57.1. The summed E-state index contributed by atoms with van der Waals surface area (Å²) >= 11 is 5.89. The summed E-state index contributed by atoms with van der Waals surface area (Å²) in [6.45, 7) is 5.08. The molecule has 30 heavy (non-hydrogen) atoms. The Labute approximate surface area is 178 Å². The molecule has 1 atom stereocenters. The lowest BCUT2D eigenvalue weighted by molar-refractivity contribution is -0.143. The molecule has 1 saturated heterocycles. The third-order valence-corrected chi connectivity index (χ3v) is 6.42. The lowest BCUT2D eigenvalue weighted by Gasteiger charge is -2.34. The average molecular weight is 442 g/mol. The second kappa shape index (κ2) is 7.93. The van der Waals surface area contributed by atoms with Crippen LogP contribution in [0.4, 0.5) is 23.2 Å². The molecule has 1 aromatic heterocycles. The number of hydrogen-bond donors (Lipinski definition) is 0. The summed E-state index contributed by atoms with van der Waals surface area (Å²) in [6.07, 6.45) is -2.93. The Kier molecular flexibility index (Phi) is 5.62. The van der Waals surface area contributed by atoms with E-state index in [1.807, 2.05) is 20.0 Å². The standard InChI is InChI=1S/C22H24ClF4N3/c1-14-10-17(23)18(24)11-15(14)13-30-20-5-3-4-19(29-8-6-28(2)7-9-29)16(20)12-21(30)22(25,26)27/h3-5,11-12,14H,6-10,13H2,1-2H3. The molecule has 0 amide bonds. The minimum atomic E-state index is -4.51. The molecule has 2 aliphatic rings. The van der Waals surface area contributed by atoms with E-state index in [2.05, 4.69) is 9.80 Å². The van der Waals surface area contributed by atoms with Gasteiger partial charge in [0, 0.05) is 43.8 Å². The maximum Gasteiger partial charge on any atom is 0.431 e. The quantitative estimate of drug-likeness (QED) is 0.558. The van der Waals surface area contributed by atoms with E-state index in [1.165, 1.54) is 16.7 Å². The van der Waals surface area contributed by atoms with E-state index in [0.29, 0.717) is 22.9 Å². The van der Waals surface area contributed by atoms with Gasteiger partial charge in [-0.15, -0.1) is 0 Å². The van der Waals surface area contributed by atoms with E-state index in [-0.39, 0.29) is 17.5 Å². The van der Waals surface area contributed by atoms with E-state index >= 15 is 0 Å². The highest BCUT2D eigenvalue weighted by Crippen LogP contribution is 2.40. The number of anilines is 1. The minimum absolute atomic E-state index is 0.0245. The van der Waals surface area contributed by atoms with E-state index in [1.54, 1.807) is 12.1 Å². The number of nitrogens with zero attached hydrogens (tertiary/aromatic N) is 3. The molecular formula is C22H24ClF4N3. The third kappa shape index (κ3) is 3.97. The number of rotatable bonds is 3. The van der Waals surface area contributed by atoms with Crippen molar-refractivity contribution in [1.82, 2.24) is 9.47 Å². The molecule has 3 nitrogen and oxygen atoms in total. The van der Waals surface area contributed by atoms with Gasteiger partial charge in [0.1, 0.15) is 11.5 Å². The number of likely N-dealkylation sites (N-methyl/N-ethyl adjacent to an activating group) is 1. The van der Waals surface area contributed by atoms with E-state index in [4.69, 9.17) is 11.6 Å². The lowest BCUT2D eigenvalue weighted by Crippen LogP contribution is -2.44. The molecule has 8 heteroatoms. The maximum absolute atomic E-state index is 14.0. The molecule has 0 bridgehead atoms. The number of alkyl halides is 3. The first-order chi connectivity index (χ1) is 14.1. The van der Waals surface area contributed by atoms with Crippen molar-refractivity contribution < 1.29 is 17.6 Å². The summed E-state index contributed by atoms with van der Waals surface area (Å²) in [4.78, 5) is 4.34. The van der Waals surface area contributed by atoms with Crippen molar-refractivity contribution in [2.75, 3.05) is 38.1 Å². The van der Waals surface area contributed by atoms with Gasteiger partial charge in [-0.05, 0) is 49.2 Å². The number of allylic oxidation sites excluding steroid dienone is 4. The topological polar surface area (TPSA) is 11.4 Å². The van der Waals surface area contributed by atoms with Crippen LogP contribution in [-0.2, 0) is 12.7 Å². The van der Waals surface area contributed by atoms with Gasteiger partial charge in [-0.25, -0.2) is 4.39 Å². The molecule has 1 unspecified atom stereocenters. The predicted octanol–water partition coefficient (Wildman–Crippen LogP) is 5.80. The largest absolute Gasteiger partial charge is 0.431 e. The van der Waals surface area contributed by atoms with Crippen molar-refractivity contribution >= 4 is 28.2 Å². The van der Waals surface area contributed by atoms with Gasteiger partial charge in [-0.3, -0.25) is 0 Å². The van der Waals surface area contributed by atoms with Gasteiger partial charge >= 0.3 is 6.18 Å². The van der Waals surface area contributed by atoms with Crippen LogP contribution in [0.2, 0.25) is 0 Å². The van der Waals surface area contributed by atoms with Crippen LogP contribution in [0.1, 0.15) is 19.0 Å². The maximum atomic E-state index is 14.0. The molecule has 0 N–H and O–H groups in total. The van der Waals surface area contributed by atoms with Crippen LogP contribution in [0.25, 0.3) is 10.9 Å². The highest BCUT2D eigenvalue weighted by atomic mass is 35.5. The third-order valence-electron chi connectivity index (χ3n) is 6.09. The first-order valence-electron chi connectivity index (χ1n) is 10.0. The van der Waals surface area contributed by atoms with Gasteiger partial charge < -0.3 is 14.4 Å². The van der Waals surface area contributed by atoms with Crippen molar-refractivity contribution in [3.63, 3.8) is 0 Å². The summed E-state index contributed by atoms with van der Waals surface area (Å²) in [5.41, 5.74) is 1.20. The lowest BCUT2D eigenvalue weighted by atomic mass is 9.92. The Morgan fingerprint density at radius 2 is 1.83 bits per heavy atom. The smallest absolute Gasteiger partial charge is 0.368 e. The Balaban J connectivity index is 1.81. The van der Waals surface area contributed by atoms with E-state index < -0.39 is 17.7 Å². The first-order valence-corrected chi connectivity index (χ1v) is 10.4. The van der Waals surface area contributed by atoms with E-state index in [9.17, 15) is 17.6 Å². The van der Waals surface area contributed by atoms with Crippen LogP contribution in [0.15, 0.2) is 46.8 Å². The summed E-state index contributed by atoms with van der Waals surface area (Å²) in [7, 11) is 2.04. The van der Waals surface area contributed by atoms with Gasteiger partial charge in [0.15, 0.2) is 0 Å². The number of aromatic nitrogens is 1. The van der Waals surface area contributed by atoms with Crippen LogP contribution in [0.5, 0.6) is 0 Å². The van der Waals surface area contributed by atoms with Gasteiger partial charge in [0.05, 0.1) is 10.5 Å². The molecule has 0 spiro atoms. The second-order valence-corrected chi connectivity index (χ2v) is 8.65. The fraction of sp³-hybridized carbons (Fsp3) is 0.455.